The highest BCUT2D eigenvalue weighted by molar-refractivity contribution is 6.00. The Bertz CT molecular complexity index is 855. The molecular formula is C20H22N2O3. The zero-order chi connectivity index (χ0) is 18.0. The van der Waals surface area contributed by atoms with E-state index in [2.05, 4.69) is 12.2 Å². The molecule has 1 aromatic heterocycles. The quantitative estimate of drug-likeness (QED) is 0.823. The van der Waals surface area contributed by atoms with Gasteiger partial charge in [0.2, 0.25) is 0 Å². The van der Waals surface area contributed by atoms with Gasteiger partial charge in [-0.05, 0) is 29.9 Å². The van der Waals surface area contributed by atoms with E-state index >= 15 is 0 Å². The highest BCUT2D eigenvalue weighted by Gasteiger charge is 2.34. The van der Waals surface area contributed by atoms with Gasteiger partial charge in [-0.2, -0.15) is 0 Å². The zero-order valence-electron chi connectivity index (χ0n) is 14.5. The van der Waals surface area contributed by atoms with Gasteiger partial charge in [-0.25, -0.2) is 0 Å². The fourth-order valence-corrected chi connectivity index (χ4v) is 3.02. The van der Waals surface area contributed by atoms with Crippen LogP contribution >= 0.6 is 0 Å². The largest absolute Gasteiger partial charge is 0.355 e. The Morgan fingerprint density at radius 2 is 1.92 bits per heavy atom. The highest BCUT2D eigenvalue weighted by Crippen LogP contribution is 2.41. The van der Waals surface area contributed by atoms with Crippen molar-refractivity contribution < 1.29 is 9.59 Å². The minimum absolute atomic E-state index is 0.00752. The Kier molecular flexibility index (Phi) is 4.83. The summed E-state index contributed by atoms with van der Waals surface area (Å²) in [5.41, 5.74) is 0.980. The normalized spacial score (nSPS) is 18.6. The summed E-state index contributed by atoms with van der Waals surface area (Å²) in [5.74, 6) is 0.519. The van der Waals surface area contributed by atoms with Crippen LogP contribution in [0.4, 0.5) is 0 Å². The third kappa shape index (κ3) is 3.87. The molecule has 1 heterocycles. The van der Waals surface area contributed by atoms with Crippen molar-refractivity contribution in [1.29, 1.82) is 0 Å². The number of amides is 1. The Labute approximate surface area is 146 Å². The number of hydrogen-bond acceptors (Lipinski definition) is 3. The molecule has 1 amide bonds. The smallest absolute Gasteiger partial charge is 0.263 e. The van der Waals surface area contributed by atoms with Gasteiger partial charge >= 0.3 is 0 Å². The third-order valence-electron chi connectivity index (χ3n) is 4.80. The van der Waals surface area contributed by atoms with Crippen LogP contribution < -0.4 is 10.9 Å². The van der Waals surface area contributed by atoms with Crippen LogP contribution in [0.3, 0.4) is 0 Å². The molecule has 2 aromatic rings. The van der Waals surface area contributed by atoms with Crippen molar-refractivity contribution in [1.82, 2.24) is 9.88 Å². The first-order valence-corrected chi connectivity index (χ1v) is 8.53. The first kappa shape index (κ1) is 17.1. The van der Waals surface area contributed by atoms with E-state index in [-0.39, 0.29) is 16.9 Å². The van der Waals surface area contributed by atoms with Crippen molar-refractivity contribution in [3.05, 3.63) is 69.6 Å². The van der Waals surface area contributed by atoms with Crippen LogP contribution in [0.2, 0.25) is 0 Å². The van der Waals surface area contributed by atoms with Crippen molar-refractivity contribution >= 4 is 11.7 Å². The Hall–Kier alpha value is -2.69. The monoisotopic (exact) mass is 338 g/mol. The lowest BCUT2D eigenvalue weighted by Crippen LogP contribution is -2.32. The molecule has 130 valence electrons. The van der Waals surface area contributed by atoms with E-state index in [9.17, 15) is 14.4 Å². The molecule has 2 atom stereocenters. The topological polar surface area (TPSA) is 68.2 Å². The molecule has 1 aromatic carbocycles. The number of nitrogens with one attached hydrogen (secondary N) is 1. The predicted octanol–water partition coefficient (Wildman–Crippen LogP) is 2.49. The molecule has 0 aliphatic heterocycles. The van der Waals surface area contributed by atoms with Gasteiger partial charge in [-0.3, -0.25) is 14.4 Å². The molecule has 1 N–H and O–H groups in total. The van der Waals surface area contributed by atoms with Gasteiger partial charge in [0.15, 0.2) is 5.78 Å². The Morgan fingerprint density at radius 1 is 1.24 bits per heavy atom. The average molecular weight is 338 g/mol. The van der Waals surface area contributed by atoms with Gasteiger partial charge in [0.25, 0.3) is 11.5 Å². The summed E-state index contributed by atoms with van der Waals surface area (Å²) < 4.78 is 1.45. The molecule has 5 nitrogen and oxygen atoms in total. The lowest BCUT2D eigenvalue weighted by molar-refractivity contribution is 0.0961. The molecule has 0 spiro atoms. The number of carbonyl (C=O) groups is 2. The highest BCUT2D eigenvalue weighted by atomic mass is 16.2. The van der Waals surface area contributed by atoms with E-state index in [4.69, 9.17) is 0 Å². The summed E-state index contributed by atoms with van der Waals surface area (Å²) >= 11 is 0. The van der Waals surface area contributed by atoms with Crippen LogP contribution in [0.1, 0.15) is 46.0 Å². The molecule has 3 rings (SSSR count). The lowest BCUT2D eigenvalue weighted by Gasteiger charge is -2.11. The van der Waals surface area contributed by atoms with Gasteiger partial charge in [-0.15, -0.1) is 0 Å². The van der Waals surface area contributed by atoms with E-state index < -0.39 is 5.91 Å². The fraction of sp³-hybridized carbons (Fsp3) is 0.350. The summed E-state index contributed by atoms with van der Waals surface area (Å²) in [6.07, 6.45) is 3.12. The summed E-state index contributed by atoms with van der Waals surface area (Å²) in [4.78, 5) is 37.3. The van der Waals surface area contributed by atoms with Crippen LogP contribution in [-0.2, 0) is 6.54 Å². The second-order valence-corrected chi connectivity index (χ2v) is 6.74. The fourth-order valence-electron chi connectivity index (χ4n) is 3.02. The van der Waals surface area contributed by atoms with E-state index in [0.717, 1.165) is 12.0 Å². The van der Waals surface area contributed by atoms with Crippen LogP contribution in [0.5, 0.6) is 0 Å². The maximum atomic E-state index is 12.6. The second kappa shape index (κ2) is 7.05. The number of hydrogen-bond donors (Lipinski definition) is 1. The van der Waals surface area contributed by atoms with Crippen molar-refractivity contribution in [2.24, 2.45) is 11.8 Å². The number of rotatable bonds is 6. The first-order chi connectivity index (χ1) is 12.0. The molecule has 1 fully saturated rings. The van der Waals surface area contributed by atoms with Crippen LogP contribution in [0.25, 0.3) is 0 Å². The lowest BCUT2D eigenvalue weighted by atomic mass is 10.0. The molecule has 0 saturated heterocycles. The molecule has 0 unspecified atom stereocenters. The SMILES string of the molecule is CNC(=O)c1cc(C(=O)C[C@H]2C[C@@H]2C)cn(Cc2ccccc2)c1=O. The number of Topliss-reactive ketones (excluding diaryl/α,β-unsaturated/α-hetero) is 1. The van der Waals surface area contributed by atoms with Crippen molar-refractivity contribution in [2.75, 3.05) is 7.05 Å². The van der Waals surface area contributed by atoms with Crippen molar-refractivity contribution in [3.8, 4) is 0 Å². The molecule has 25 heavy (non-hydrogen) atoms. The summed E-state index contributed by atoms with van der Waals surface area (Å²) in [5, 5.41) is 2.48. The Morgan fingerprint density at radius 3 is 2.52 bits per heavy atom. The molecular weight excluding hydrogens is 316 g/mol. The molecule has 1 aliphatic rings. The molecule has 0 bridgehead atoms. The zero-order valence-corrected chi connectivity index (χ0v) is 14.5. The minimum Gasteiger partial charge on any atom is -0.355 e. The second-order valence-electron chi connectivity index (χ2n) is 6.74. The number of pyridine rings is 1. The Balaban J connectivity index is 1.97. The first-order valence-electron chi connectivity index (χ1n) is 8.53. The predicted molar refractivity (Wildman–Crippen MR) is 95.9 cm³/mol. The minimum atomic E-state index is -0.471. The van der Waals surface area contributed by atoms with E-state index in [0.29, 0.717) is 30.4 Å². The summed E-state index contributed by atoms with van der Waals surface area (Å²) in [6, 6.07) is 10.9. The maximum absolute atomic E-state index is 12.6. The van der Waals surface area contributed by atoms with Gasteiger partial charge in [0.1, 0.15) is 5.56 Å². The molecule has 5 heteroatoms. The van der Waals surface area contributed by atoms with Crippen molar-refractivity contribution in [2.45, 2.75) is 26.3 Å². The number of benzene rings is 1. The molecule has 1 saturated carbocycles. The third-order valence-corrected chi connectivity index (χ3v) is 4.80. The van der Waals surface area contributed by atoms with Crippen LogP contribution in [-0.4, -0.2) is 23.3 Å². The standard InChI is InChI=1S/C20H22N2O3/c1-13-8-15(13)10-18(23)16-9-17(19(24)21-2)20(25)22(12-16)11-14-6-4-3-5-7-14/h3-7,9,12-13,15H,8,10-11H2,1-2H3,(H,21,24)/t13-,15+/m0/s1. The number of nitrogens with zero attached hydrogens (tertiary/aromatic N) is 1. The summed E-state index contributed by atoms with van der Waals surface area (Å²) in [7, 11) is 1.48. The van der Waals surface area contributed by atoms with Gasteiger partial charge < -0.3 is 9.88 Å². The average Bonchev–Trinajstić information content (AvgIpc) is 3.31. The molecule has 1 aliphatic carbocycles. The molecule has 0 radical (unpaired) electrons. The van der Waals surface area contributed by atoms with E-state index in [1.54, 1.807) is 6.20 Å². The van der Waals surface area contributed by atoms with Gasteiger partial charge in [0, 0.05) is 25.2 Å². The van der Waals surface area contributed by atoms with Gasteiger partial charge in [0.05, 0.1) is 6.54 Å². The van der Waals surface area contributed by atoms with Crippen molar-refractivity contribution in [3.63, 3.8) is 0 Å². The summed E-state index contributed by atoms with van der Waals surface area (Å²) in [6.45, 7) is 2.45. The van der Waals surface area contributed by atoms with E-state index in [1.807, 2.05) is 30.3 Å². The maximum Gasteiger partial charge on any atom is 0.263 e. The van der Waals surface area contributed by atoms with Gasteiger partial charge in [-0.1, -0.05) is 37.3 Å². The van der Waals surface area contributed by atoms with Crippen LogP contribution in [0, 0.1) is 11.8 Å². The number of ketones is 1. The number of carbonyl (C=O) groups excluding carboxylic acids is 2. The number of aromatic nitrogens is 1. The van der Waals surface area contributed by atoms with Crippen LogP contribution in [0.15, 0.2) is 47.4 Å². The van der Waals surface area contributed by atoms with E-state index in [1.165, 1.54) is 17.7 Å².